The first-order valence-electron chi connectivity index (χ1n) is 6.70. The van der Waals surface area contributed by atoms with E-state index in [0.717, 1.165) is 12.0 Å². The number of nitrogens with one attached hydrogen (secondary N) is 1. The molecule has 1 aromatic heterocycles. The van der Waals surface area contributed by atoms with Crippen LogP contribution in [0.5, 0.6) is 0 Å². The Kier molecular flexibility index (Phi) is 5.32. The fourth-order valence-electron chi connectivity index (χ4n) is 1.95. The molecule has 1 atom stereocenters. The van der Waals surface area contributed by atoms with Crippen LogP contribution >= 0.6 is 11.6 Å². The molecule has 0 spiro atoms. The summed E-state index contributed by atoms with van der Waals surface area (Å²) >= 11 is 6.06. The van der Waals surface area contributed by atoms with Crippen molar-refractivity contribution in [1.82, 2.24) is 9.97 Å². The van der Waals surface area contributed by atoms with Crippen LogP contribution in [0.15, 0.2) is 36.4 Å². The fourth-order valence-corrected chi connectivity index (χ4v) is 2.13. The molecule has 0 amide bonds. The lowest BCUT2D eigenvalue weighted by Crippen LogP contribution is -2.20. The lowest BCUT2D eigenvalue weighted by molar-refractivity contribution is 0.278. The van der Waals surface area contributed by atoms with Gasteiger partial charge in [-0.1, -0.05) is 48.9 Å². The van der Waals surface area contributed by atoms with Crippen molar-refractivity contribution >= 4 is 17.4 Å². The van der Waals surface area contributed by atoms with E-state index in [1.165, 1.54) is 0 Å². The monoisotopic (exact) mass is 291 g/mol. The van der Waals surface area contributed by atoms with E-state index in [0.29, 0.717) is 23.2 Å². The Balaban J connectivity index is 2.25. The van der Waals surface area contributed by atoms with Crippen molar-refractivity contribution in [3.63, 3.8) is 0 Å². The second-order valence-electron chi connectivity index (χ2n) is 4.53. The normalized spacial score (nSPS) is 12.2. The maximum atomic E-state index is 9.03. The van der Waals surface area contributed by atoms with Crippen molar-refractivity contribution in [2.75, 3.05) is 11.9 Å². The van der Waals surface area contributed by atoms with Crippen LogP contribution < -0.4 is 5.32 Å². The summed E-state index contributed by atoms with van der Waals surface area (Å²) in [5.74, 6) is 1.28. The van der Waals surface area contributed by atoms with Gasteiger partial charge in [-0.3, -0.25) is 0 Å². The van der Waals surface area contributed by atoms with Crippen LogP contribution in [-0.2, 0) is 0 Å². The van der Waals surface area contributed by atoms with E-state index in [4.69, 9.17) is 16.7 Å². The molecule has 1 unspecified atom stereocenters. The SMILES string of the molecule is CCC(CCO)Nc1cc(Cl)nc(-c2ccccc2)n1. The van der Waals surface area contributed by atoms with Crippen molar-refractivity contribution in [3.8, 4) is 11.4 Å². The van der Waals surface area contributed by atoms with E-state index in [-0.39, 0.29) is 12.6 Å². The zero-order chi connectivity index (χ0) is 14.4. The van der Waals surface area contributed by atoms with Crippen molar-refractivity contribution in [1.29, 1.82) is 0 Å². The molecule has 0 saturated heterocycles. The molecule has 0 aliphatic heterocycles. The summed E-state index contributed by atoms with van der Waals surface area (Å²) in [4.78, 5) is 8.73. The van der Waals surface area contributed by atoms with Crippen LogP contribution in [0.1, 0.15) is 19.8 Å². The van der Waals surface area contributed by atoms with Crippen molar-refractivity contribution in [3.05, 3.63) is 41.6 Å². The molecule has 0 aliphatic rings. The molecule has 5 heteroatoms. The van der Waals surface area contributed by atoms with Crippen molar-refractivity contribution in [2.24, 2.45) is 0 Å². The summed E-state index contributed by atoms with van der Waals surface area (Å²) in [6.45, 7) is 2.21. The van der Waals surface area contributed by atoms with E-state index in [1.807, 2.05) is 30.3 Å². The highest BCUT2D eigenvalue weighted by Crippen LogP contribution is 2.21. The highest BCUT2D eigenvalue weighted by atomic mass is 35.5. The Morgan fingerprint density at radius 2 is 2.00 bits per heavy atom. The Bertz CT molecular complexity index is 548. The van der Waals surface area contributed by atoms with E-state index in [2.05, 4.69) is 22.2 Å². The summed E-state index contributed by atoms with van der Waals surface area (Å²) in [7, 11) is 0. The Morgan fingerprint density at radius 1 is 1.25 bits per heavy atom. The molecule has 4 nitrogen and oxygen atoms in total. The molecule has 0 radical (unpaired) electrons. The highest BCUT2D eigenvalue weighted by Gasteiger charge is 2.09. The first kappa shape index (κ1) is 14.8. The summed E-state index contributed by atoms with van der Waals surface area (Å²) in [5.41, 5.74) is 0.924. The Morgan fingerprint density at radius 3 is 2.65 bits per heavy atom. The number of rotatable bonds is 6. The number of aromatic nitrogens is 2. The van der Waals surface area contributed by atoms with Crippen LogP contribution in [0, 0.1) is 0 Å². The second kappa shape index (κ2) is 7.22. The van der Waals surface area contributed by atoms with Gasteiger partial charge in [0.1, 0.15) is 11.0 Å². The molecular weight excluding hydrogens is 274 g/mol. The highest BCUT2D eigenvalue weighted by molar-refractivity contribution is 6.29. The van der Waals surface area contributed by atoms with Crippen molar-refractivity contribution in [2.45, 2.75) is 25.8 Å². The molecule has 0 saturated carbocycles. The number of nitrogens with zero attached hydrogens (tertiary/aromatic N) is 2. The largest absolute Gasteiger partial charge is 0.396 e. The van der Waals surface area contributed by atoms with E-state index in [9.17, 15) is 0 Å². The average molecular weight is 292 g/mol. The smallest absolute Gasteiger partial charge is 0.163 e. The lowest BCUT2D eigenvalue weighted by atomic mass is 10.1. The molecule has 1 heterocycles. The predicted octanol–water partition coefficient (Wildman–Crippen LogP) is 3.37. The van der Waals surface area contributed by atoms with Crippen LogP contribution in [-0.4, -0.2) is 27.7 Å². The molecule has 2 aromatic rings. The zero-order valence-electron chi connectivity index (χ0n) is 11.4. The molecule has 0 fully saturated rings. The standard InChI is InChI=1S/C15H18ClN3O/c1-2-12(8-9-20)17-14-10-13(16)18-15(19-14)11-6-4-3-5-7-11/h3-7,10,12,20H,2,8-9H2,1H3,(H,17,18,19). The third-order valence-corrected chi connectivity index (χ3v) is 3.24. The van der Waals surface area contributed by atoms with Gasteiger partial charge in [-0.05, 0) is 12.8 Å². The predicted molar refractivity (Wildman–Crippen MR) is 81.9 cm³/mol. The number of benzene rings is 1. The molecule has 2 rings (SSSR count). The molecule has 106 valence electrons. The van der Waals surface area contributed by atoms with Crippen molar-refractivity contribution < 1.29 is 5.11 Å². The number of aliphatic hydroxyl groups is 1. The maximum absolute atomic E-state index is 9.03. The zero-order valence-corrected chi connectivity index (χ0v) is 12.1. The number of anilines is 1. The van der Waals surface area contributed by atoms with Gasteiger partial charge in [0.05, 0.1) is 0 Å². The summed E-state index contributed by atoms with van der Waals surface area (Å²) in [6, 6.07) is 11.6. The van der Waals surface area contributed by atoms with Gasteiger partial charge in [0.25, 0.3) is 0 Å². The lowest BCUT2D eigenvalue weighted by Gasteiger charge is -2.16. The van der Waals surface area contributed by atoms with Crippen LogP contribution in [0.3, 0.4) is 0 Å². The summed E-state index contributed by atoms with van der Waals surface area (Å²) in [5, 5.41) is 12.7. The minimum atomic E-state index is 0.149. The molecule has 2 N–H and O–H groups in total. The van der Waals surface area contributed by atoms with Gasteiger partial charge in [0.15, 0.2) is 5.82 Å². The van der Waals surface area contributed by atoms with Gasteiger partial charge in [-0.15, -0.1) is 0 Å². The minimum Gasteiger partial charge on any atom is -0.396 e. The molecule has 20 heavy (non-hydrogen) atoms. The number of aliphatic hydroxyl groups excluding tert-OH is 1. The Hall–Kier alpha value is -1.65. The van der Waals surface area contributed by atoms with Gasteiger partial charge in [-0.25, -0.2) is 9.97 Å². The van der Waals surface area contributed by atoms with Gasteiger partial charge in [-0.2, -0.15) is 0 Å². The quantitative estimate of drug-likeness (QED) is 0.801. The van der Waals surface area contributed by atoms with Gasteiger partial charge < -0.3 is 10.4 Å². The molecular formula is C15H18ClN3O. The third-order valence-electron chi connectivity index (χ3n) is 3.05. The topological polar surface area (TPSA) is 58.0 Å². The van der Waals surface area contributed by atoms with Gasteiger partial charge in [0.2, 0.25) is 0 Å². The van der Waals surface area contributed by atoms with Crippen LogP contribution in [0.25, 0.3) is 11.4 Å². The Labute approximate surface area is 123 Å². The van der Waals surface area contributed by atoms with Crippen LogP contribution in [0.4, 0.5) is 5.82 Å². The molecule has 1 aromatic carbocycles. The maximum Gasteiger partial charge on any atom is 0.163 e. The fraction of sp³-hybridized carbons (Fsp3) is 0.333. The molecule has 0 bridgehead atoms. The number of hydrogen-bond donors (Lipinski definition) is 2. The first-order valence-corrected chi connectivity index (χ1v) is 7.08. The third kappa shape index (κ3) is 3.92. The summed E-state index contributed by atoms with van der Waals surface area (Å²) in [6.07, 6.45) is 1.58. The second-order valence-corrected chi connectivity index (χ2v) is 4.91. The van der Waals surface area contributed by atoms with Gasteiger partial charge >= 0.3 is 0 Å². The number of hydrogen-bond acceptors (Lipinski definition) is 4. The summed E-state index contributed by atoms with van der Waals surface area (Å²) < 4.78 is 0. The van der Waals surface area contributed by atoms with E-state index >= 15 is 0 Å². The number of halogens is 1. The van der Waals surface area contributed by atoms with E-state index in [1.54, 1.807) is 6.07 Å². The first-order chi connectivity index (χ1) is 9.72. The molecule has 0 aliphatic carbocycles. The van der Waals surface area contributed by atoms with Gasteiger partial charge in [0, 0.05) is 24.3 Å². The van der Waals surface area contributed by atoms with E-state index < -0.39 is 0 Å². The van der Waals surface area contributed by atoms with Crippen LogP contribution in [0.2, 0.25) is 5.15 Å². The average Bonchev–Trinajstić information content (AvgIpc) is 2.47. The minimum absolute atomic E-state index is 0.149.